The second kappa shape index (κ2) is 22.6. The van der Waals surface area contributed by atoms with Crippen LogP contribution in [0.2, 0.25) is 0 Å². The summed E-state index contributed by atoms with van der Waals surface area (Å²) in [5.41, 5.74) is 20.3. The van der Waals surface area contributed by atoms with E-state index in [9.17, 15) is 19.2 Å². The minimum absolute atomic E-state index is 0.0283. The average molecular weight is 608 g/mol. The van der Waals surface area contributed by atoms with E-state index >= 15 is 0 Å². The maximum atomic E-state index is 13.2. The molecule has 8 N–H and O–H groups in total. The molecular weight excluding hydrogens is 562 g/mol. The molecule has 0 spiro atoms. The van der Waals surface area contributed by atoms with Crippen molar-refractivity contribution in [3.8, 4) is 0 Å². The Morgan fingerprint density at radius 3 is 2.14 bits per heavy atom. The Morgan fingerprint density at radius 1 is 0.930 bits per heavy atom. The molecule has 0 unspecified atom stereocenters. The van der Waals surface area contributed by atoms with Crippen LogP contribution in [0.5, 0.6) is 0 Å². The standard InChI is InChI=1S/C27H45N9O7/c1-19(2)24(35-23(37)9-12-41-14-16-43-17-15-42-13-11-32-36-30)26(39)34-22(4-3-10-31-27(29)40)25(38)33-21-7-5-20(18-28)6-8-21/h5-8,19,22,24H,3-4,9-18,28H2,1-2H3,(H,33,38)(H,34,39)(H,35,37)(H3,29,31,40)/t22-,24-/m0/s1. The molecule has 0 fully saturated rings. The normalized spacial score (nSPS) is 12.1. The van der Waals surface area contributed by atoms with Crippen LogP contribution in [-0.4, -0.2) is 88.6 Å². The Morgan fingerprint density at radius 2 is 1.56 bits per heavy atom. The molecule has 16 heteroatoms. The molecule has 1 aromatic rings. The van der Waals surface area contributed by atoms with Crippen LogP contribution in [0.3, 0.4) is 0 Å². The number of rotatable bonds is 23. The summed E-state index contributed by atoms with van der Waals surface area (Å²) < 4.78 is 16.0. The summed E-state index contributed by atoms with van der Waals surface area (Å²) in [5, 5.41) is 14.1. The molecule has 5 amide bonds. The Kier molecular flexibility index (Phi) is 19.5. The van der Waals surface area contributed by atoms with Gasteiger partial charge in [-0.3, -0.25) is 14.4 Å². The van der Waals surface area contributed by atoms with E-state index < -0.39 is 29.9 Å². The number of carbonyl (C=O) groups is 4. The van der Waals surface area contributed by atoms with Crippen LogP contribution in [0.4, 0.5) is 10.5 Å². The fraction of sp³-hybridized carbons (Fsp3) is 0.630. The van der Waals surface area contributed by atoms with Crippen molar-refractivity contribution in [2.45, 2.75) is 51.7 Å². The summed E-state index contributed by atoms with van der Waals surface area (Å²) in [5.74, 6) is -1.61. The monoisotopic (exact) mass is 607 g/mol. The molecule has 0 aromatic heterocycles. The molecule has 1 aromatic carbocycles. The first-order valence-corrected chi connectivity index (χ1v) is 14.1. The zero-order valence-electron chi connectivity index (χ0n) is 24.9. The number of hydrogen-bond acceptors (Lipinski definition) is 9. The van der Waals surface area contributed by atoms with Gasteiger partial charge in [-0.05, 0) is 42.0 Å². The predicted octanol–water partition coefficient (Wildman–Crippen LogP) is 0.908. The molecule has 0 saturated carbocycles. The molecule has 0 aliphatic carbocycles. The minimum Gasteiger partial charge on any atom is -0.379 e. The van der Waals surface area contributed by atoms with Gasteiger partial charge in [0.25, 0.3) is 0 Å². The molecule has 240 valence electrons. The first-order valence-electron chi connectivity index (χ1n) is 14.1. The zero-order valence-corrected chi connectivity index (χ0v) is 24.9. The van der Waals surface area contributed by atoms with Crippen molar-refractivity contribution in [1.29, 1.82) is 0 Å². The fourth-order valence-corrected chi connectivity index (χ4v) is 3.64. The second-order valence-corrected chi connectivity index (χ2v) is 9.72. The third-order valence-electron chi connectivity index (χ3n) is 5.94. The van der Waals surface area contributed by atoms with Crippen molar-refractivity contribution < 1.29 is 33.4 Å². The highest BCUT2D eigenvalue weighted by atomic mass is 16.5. The van der Waals surface area contributed by atoms with Gasteiger partial charge in [0.05, 0.1) is 39.6 Å². The molecule has 0 heterocycles. The van der Waals surface area contributed by atoms with Crippen LogP contribution >= 0.6 is 0 Å². The van der Waals surface area contributed by atoms with Crippen molar-refractivity contribution >= 4 is 29.4 Å². The van der Waals surface area contributed by atoms with Gasteiger partial charge in [0.2, 0.25) is 17.7 Å². The number of amides is 5. The zero-order chi connectivity index (χ0) is 31.9. The third kappa shape index (κ3) is 17.6. The number of anilines is 1. The van der Waals surface area contributed by atoms with E-state index in [1.165, 1.54) is 0 Å². The largest absolute Gasteiger partial charge is 0.379 e. The number of azide groups is 1. The smallest absolute Gasteiger partial charge is 0.312 e. The predicted molar refractivity (Wildman–Crippen MR) is 160 cm³/mol. The summed E-state index contributed by atoms with van der Waals surface area (Å²) in [6, 6.07) is 4.48. The van der Waals surface area contributed by atoms with E-state index in [2.05, 4.69) is 31.3 Å². The number of benzene rings is 1. The van der Waals surface area contributed by atoms with Gasteiger partial charge >= 0.3 is 6.03 Å². The van der Waals surface area contributed by atoms with Crippen molar-refractivity contribution in [3.63, 3.8) is 0 Å². The SMILES string of the molecule is CC(C)[C@H](NC(=O)CCOCCOCCOCCN=[N+]=[N-])C(=O)N[C@@H](CCCNC(N)=O)C(=O)Nc1ccc(CN)cc1. The number of urea groups is 1. The number of nitrogens with two attached hydrogens (primary N) is 2. The number of ether oxygens (including phenoxy) is 3. The third-order valence-corrected chi connectivity index (χ3v) is 5.94. The van der Waals surface area contributed by atoms with Crippen LogP contribution < -0.4 is 32.7 Å². The highest BCUT2D eigenvalue weighted by molar-refractivity contribution is 5.98. The van der Waals surface area contributed by atoms with Gasteiger partial charge in [0.1, 0.15) is 12.1 Å². The molecule has 0 aliphatic rings. The fourth-order valence-electron chi connectivity index (χ4n) is 3.64. The van der Waals surface area contributed by atoms with E-state index in [4.69, 9.17) is 31.2 Å². The Hall–Kier alpha value is -3.95. The highest BCUT2D eigenvalue weighted by Gasteiger charge is 2.28. The van der Waals surface area contributed by atoms with E-state index in [0.717, 1.165) is 5.56 Å². The summed E-state index contributed by atoms with van der Waals surface area (Å²) in [7, 11) is 0. The van der Waals surface area contributed by atoms with Gasteiger partial charge in [-0.2, -0.15) is 0 Å². The van der Waals surface area contributed by atoms with Gasteiger partial charge in [-0.1, -0.05) is 31.1 Å². The molecule has 1 rings (SSSR count). The Labute approximate surface area is 251 Å². The average Bonchev–Trinajstić information content (AvgIpc) is 2.97. The van der Waals surface area contributed by atoms with Crippen molar-refractivity contribution in [3.05, 3.63) is 40.3 Å². The van der Waals surface area contributed by atoms with Crippen molar-refractivity contribution in [2.75, 3.05) is 58.0 Å². The summed E-state index contributed by atoms with van der Waals surface area (Å²) in [4.78, 5) is 52.5. The molecule has 2 atom stereocenters. The molecule has 43 heavy (non-hydrogen) atoms. The van der Waals surface area contributed by atoms with Gasteiger partial charge < -0.3 is 46.9 Å². The molecule has 0 aliphatic heterocycles. The first kappa shape index (κ1) is 37.1. The molecule has 0 radical (unpaired) electrons. The van der Waals surface area contributed by atoms with Gasteiger partial charge in [-0.15, -0.1) is 0 Å². The summed E-state index contributed by atoms with van der Waals surface area (Å²) >= 11 is 0. The molecule has 16 nitrogen and oxygen atoms in total. The topological polar surface area (TPSA) is 245 Å². The summed E-state index contributed by atoms with van der Waals surface area (Å²) in [6.45, 7) is 6.16. The number of carbonyl (C=O) groups excluding carboxylic acids is 4. The van der Waals surface area contributed by atoms with Crippen molar-refractivity contribution in [1.82, 2.24) is 16.0 Å². The lowest BCUT2D eigenvalue weighted by atomic mass is 10.0. The van der Waals surface area contributed by atoms with E-state index in [1.807, 2.05) is 0 Å². The van der Waals surface area contributed by atoms with E-state index in [1.54, 1.807) is 38.1 Å². The van der Waals surface area contributed by atoms with Crippen LogP contribution in [0.1, 0.15) is 38.7 Å². The summed E-state index contributed by atoms with van der Waals surface area (Å²) in [6.07, 6.45) is 0.618. The first-order chi connectivity index (χ1) is 20.7. The Bertz CT molecular complexity index is 1030. The Balaban J connectivity index is 2.56. The van der Waals surface area contributed by atoms with Crippen LogP contribution in [0.25, 0.3) is 10.4 Å². The lowest BCUT2D eigenvalue weighted by Gasteiger charge is -2.25. The number of nitrogens with one attached hydrogen (secondary N) is 4. The highest BCUT2D eigenvalue weighted by Crippen LogP contribution is 2.11. The van der Waals surface area contributed by atoms with Gasteiger partial charge in [0, 0.05) is 36.7 Å². The molecule has 0 bridgehead atoms. The number of nitrogens with zero attached hydrogens (tertiary/aromatic N) is 3. The molecule has 0 saturated heterocycles. The number of primary amides is 1. The number of hydrogen-bond donors (Lipinski definition) is 6. The van der Waals surface area contributed by atoms with E-state index in [0.29, 0.717) is 45.1 Å². The van der Waals surface area contributed by atoms with E-state index in [-0.39, 0.29) is 51.0 Å². The second-order valence-electron chi connectivity index (χ2n) is 9.72. The minimum atomic E-state index is -0.936. The van der Waals surface area contributed by atoms with Crippen LogP contribution in [0.15, 0.2) is 29.4 Å². The van der Waals surface area contributed by atoms with Crippen LogP contribution in [0, 0.1) is 5.92 Å². The maximum absolute atomic E-state index is 13.2. The maximum Gasteiger partial charge on any atom is 0.312 e. The van der Waals surface area contributed by atoms with Gasteiger partial charge in [-0.25, -0.2) is 4.79 Å². The molecular formula is C27H45N9O7. The van der Waals surface area contributed by atoms with Crippen LogP contribution in [-0.2, 0) is 35.1 Å². The quantitative estimate of drug-likeness (QED) is 0.0450. The lowest BCUT2D eigenvalue weighted by Crippen LogP contribution is -2.54. The lowest BCUT2D eigenvalue weighted by molar-refractivity contribution is -0.132. The van der Waals surface area contributed by atoms with Crippen molar-refractivity contribution in [2.24, 2.45) is 22.5 Å². The van der Waals surface area contributed by atoms with Gasteiger partial charge in [0.15, 0.2) is 0 Å².